The fourth-order valence-corrected chi connectivity index (χ4v) is 1.90. The molecular formula is C14H22ClN3. The minimum Gasteiger partial charge on any atom is -0.303 e. The summed E-state index contributed by atoms with van der Waals surface area (Å²) in [6.07, 6.45) is 3.06. The standard InChI is InChI=1S/C14H21N3.ClH/c1-3-13-4-6-14(7-5-13)12-15-17-10-8-16(2)9-11-17;/h4-7,12H,3,8-11H2,1-2H3;1H/b15-12+;. The molecule has 1 aromatic carbocycles. The zero-order chi connectivity index (χ0) is 12.1. The monoisotopic (exact) mass is 267 g/mol. The number of piperazine rings is 1. The Kier molecular flexibility index (Phi) is 6.16. The highest BCUT2D eigenvalue weighted by Crippen LogP contribution is 2.04. The molecule has 1 aliphatic heterocycles. The summed E-state index contributed by atoms with van der Waals surface area (Å²) >= 11 is 0. The van der Waals surface area contributed by atoms with Crippen molar-refractivity contribution in [2.75, 3.05) is 33.2 Å². The normalized spacial score (nSPS) is 16.9. The Hall–Kier alpha value is -1.06. The third-order valence-corrected chi connectivity index (χ3v) is 3.24. The van der Waals surface area contributed by atoms with Gasteiger partial charge in [0, 0.05) is 26.2 Å². The van der Waals surface area contributed by atoms with E-state index in [9.17, 15) is 0 Å². The summed E-state index contributed by atoms with van der Waals surface area (Å²) in [5, 5.41) is 6.67. The summed E-state index contributed by atoms with van der Waals surface area (Å²) < 4.78 is 0. The summed E-state index contributed by atoms with van der Waals surface area (Å²) in [4.78, 5) is 2.34. The van der Waals surface area contributed by atoms with Crippen molar-refractivity contribution >= 4 is 18.6 Å². The lowest BCUT2D eigenvalue weighted by atomic mass is 10.1. The number of halogens is 1. The summed E-state index contributed by atoms with van der Waals surface area (Å²) in [5.74, 6) is 0. The Labute approximate surface area is 116 Å². The number of hydrogen-bond acceptors (Lipinski definition) is 3. The van der Waals surface area contributed by atoms with Crippen molar-refractivity contribution < 1.29 is 0 Å². The maximum Gasteiger partial charge on any atom is 0.0542 e. The molecule has 2 rings (SSSR count). The van der Waals surface area contributed by atoms with Gasteiger partial charge in [0.15, 0.2) is 0 Å². The number of aryl methyl sites for hydroxylation is 1. The maximum absolute atomic E-state index is 4.53. The van der Waals surface area contributed by atoms with Crippen LogP contribution in [0.5, 0.6) is 0 Å². The van der Waals surface area contributed by atoms with Crippen molar-refractivity contribution in [1.82, 2.24) is 9.91 Å². The molecule has 0 radical (unpaired) electrons. The van der Waals surface area contributed by atoms with Crippen molar-refractivity contribution in [2.45, 2.75) is 13.3 Å². The van der Waals surface area contributed by atoms with Gasteiger partial charge in [-0.1, -0.05) is 31.2 Å². The number of nitrogens with zero attached hydrogens (tertiary/aromatic N) is 3. The van der Waals surface area contributed by atoms with Gasteiger partial charge in [0.2, 0.25) is 0 Å². The van der Waals surface area contributed by atoms with Crippen LogP contribution in [0.3, 0.4) is 0 Å². The minimum absolute atomic E-state index is 0. The molecular weight excluding hydrogens is 246 g/mol. The molecule has 0 saturated carbocycles. The van der Waals surface area contributed by atoms with E-state index in [4.69, 9.17) is 0 Å². The molecule has 1 aliphatic rings. The van der Waals surface area contributed by atoms with E-state index >= 15 is 0 Å². The molecule has 0 atom stereocenters. The zero-order valence-electron chi connectivity index (χ0n) is 11.2. The predicted molar refractivity (Wildman–Crippen MR) is 79.7 cm³/mol. The van der Waals surface area contributed by atoms with Gasteiger partial charge in [0.1, 0.15) is 0 Å². The molecule has 1 aromatic rings. The summed E-state index contributed by atoms with van der Waals surface area (Å²) in [6, 6.07) is 8.62. The predicted octanol–water partition coefficient (Wildman–Crippen LogP) is 2.25. The molecule has 0 unspecified atom stereocenters. The Morgan fingerprint density at radius 1 is 1.11 bits per heavy atom. The second kappa shape index (κ2) is 7.39. The highest BCUT2D eigenvalue weighted by molar-refractivity contribution is 5.85. The first-order valence-corrected chi connectivity index (χ1v) is 6.34. The largest absolute Gasteiger partial charge is 0.303 e. The molecule has 1 saturated heterocycles. The van der Waals surface area contributed by atoms with Gasteiger partial charge in [0.25, 0.3) is 0 Å². The fourth-order valence-electron chi connectivity index (χ4n) is 1.90. The number of hydrogen-bond donors (Lipinski definition) is 0. The first kappa shape index (κ1) is 15.0. The first-order chi connectivity index (χ1) is 8.28. The Bertz CT molecular complexity index is 367. The molecule has 0 bridgehead atoms. The van der Waals surface area contributed by atoms with Crippen LogP contribution in [-0.4, -0.2) is 49.4 Å². The first-order valence-electron chi connectivity index (χ1n) is 6.34. The number of hydrazone groups is 1. The molecule has 1 heterocycles. The van der Waals surface area contributed by atoms with Gasteiger partial charge in [0.05, 0.1) is 6.21 Å². The molecule has 0 aliphatic carbocycles. The molecule has 4 heteroatoms. The van der Waals surface area contributed by atoms with Crippen molar-refractivity contribution in [2.24, 2.45) is 5.10 Å². The van der Waals surface area contributed by atoms with E-state index in [1.807, 2.05) is 6.21 Å². The van der Waals surface area contributed by atoms with Gasteiger partial charge < -0.3 is 4.90 Å². The average molecular weight is 268 g/mol. The Morgan fingerprint density at radius 3 is 2.28 bits per heavy atom. The van der Waals surface area contributed by atoms with Crippen LogP contribution < -0.4 is 0 Å². The van der Waals surface area contributed by atoms with Crippen LogP contribution in [0, 0.1) is 0 Å². The minimum atomic E-state index is 0. The molecule has 0 aromatic heterocycles. The van der Waals surface area contributed by atoms with Crippen molar-refractivity contribution in [3.63, 3.8) is 0 Å². The van der Waals surface area contributed by atoms with Crippen LogP contribution >= 0.6 is 12.4 Å². The quantitative estimate of drug-likeness (QED) is 0.783. The van der Waals surface area contributed by atoms with Gasteiger partial charge in [-0.2, -0.15) is 5.10 Å². The van der Waals surface area contributed by atoms with Gasteiger partial charge in [-0.05, 0) is 24.6 Å². The van der Waals surface area contributed by atoms with Crippen LogP contribution in [-0.2, 0) is 6.42 Å². The summed E-state index contributed by atoms with van der Waals surface area (Å²) in [6.45, 7) is 6.44. The van der Waals surface area contributed by atoms with E-state index in [-0.39, 0.29) is 12.4 Å². The van der Waals surface area contributed by atoms with E-state index in [1.165, 1.54) is 11.1 Å². The van der Waals surface area contributed by atoms with Crippen molar-refractivity contribution in [1.29, 1.82) is 0 Å². The second-order valence-corrected chi connectivity index (χ2v) is 4.60. The topological polar surface area (TPSA) is 18.8 Å². The third-order valence-electron chi connectivity index (χ3n) is 3.24. The lowest BCUT2D eigenvalue weighted by molar-refractivity contribution is 0.159. The summed E-state index contributed by atoms with van der Waals surface area (Å²) in [7, 11) is 2.16. The lowest BCUT2D eigenvalue weighted by Gasteiger charge is -2.30. The lowest BCUT2D eigenvalue weighted by Crippen LogP contribution is -2.41. The van der Waals surface area contributed by atoms with Gasteiger partial charge in [-0.3, -0.25) is 5.01 Å². The molecule has 0 spiro atoms. The van der Waals surface area contributed by atoms with Gasteiger partial charge in [-0.15, -0.1) is 12.4 Å². The SMILES string of the molecule is CCc1ccc(/C=N/N2CCN(C)CC2)cc1.Cl. The van der Waals surface area contributed by atoms with E-state index in [2.05, 4.69) is 53.2 Å². The molecule has 18 heavy (non-hydrogen) atoms. The molecule has 100 valence electrons. The zero-order valence-corrected chi connectivity index (χ0v) is 12.0. The van der Waals surface area contributed by atoms with Crippen LogP contribution in [0.1, 0.15) is 18.1 Å². The smallest absolute Gasteiger partial charge is 0.0542 e. The molecule has 0 N–H and O–H groups in total. The van der Waals surface area contributed by atoms with Crippen LogP contribution in [0.25, 0.3) is 0 Å². The van der Waals surface area contributed by atoms with E-state index < -0.39 is 0 Å². The number of likely N-dealkylation sites (N-methyl/N-ethyl adjacent to an activating group) is 1. The van der Waals surface area contributed by atoms with Crippen LogP contribution in [0.15, 0.2) is 29.4 Å². The van der Waals surface area contributed by atoms with Gasteiger partial charge >= 0.3 is 0 Å². The molecule has 1 fully saturated rings. The second-order valence-electron chi connectivity index (χ2n) is 4.60. The highest BCUT2D eigenvalue weighted by Gasteiger charge is 2.10. The number of benzene rings is 1. The fraction of sp³-hybridized carbons (Fsp3) is 0.500. The highest BCUT2D eigenvalue weighted by atomic mass is 35.5. The molecule has 3 nitrogen and oxygen atoms in total. The van der Waals surface area contributed by atoms with Gasteiger partial charge in [-0.25, -0.2) is 0 Å². The molecule has 0 amide bonds. The van der Waals surface area contributed by atoms with Crippen LogP contribution in [0.4, 0.5) is 0 Å². The van der Waals surface area contributed by atoms with E-state index in [0.717, 1.165) is 32.6 Å². The average Bonchev–Trinajstić information content (AvgIpc) is 2.39. The number of rotatable bonds is 3. The van der Waals surface area contributed by atoms with E-state index in [1.54, 1.807) is 0 Å². The van der Waals surface area contributed by atoms with Crippen LogP contribution in [0.2, 0.25) is 0 Å². The maximum atomic E-state index is 4.53. The van der Waals surface area contributed by atoms with Crippen molar-refractivity contribution in [3.8, 4) is 0 Å². The van der Waals surface area contributed by atoms with Crippen molar-refractivity contribution in [3.05, 3.63) is 35.4 Å². The Morgan fingerprint density at radius 2 is 1.72 bits per heavy atom. The third kappa shape index (κ3) is 4.31. The summed E-state index contributed by atoms with van der Waals surface area (Å²) in [5.41, 5.74) is 2.56. The Balaban J connectivity index is 0.00000162. The van der Waals surface area contributed by atoms with E-state index in [0.29, 0.717) is 0 Å².